The molecule has 0 amide bonds. The molecule has 0 atom stereocenters. The molecule has 0 fully saturated rings. The van der Waals surface area contributed by atoms with Gasteiger partial charge in [-0.05, 0) is 42.0 Å². The van der Waals surface area contributed by atoms with Crippen molar-refractivity contribution in [1.82, 2.24) is 9.97 Å². The normalized spacial score (nSPS) is 11.0. The quantitative estimate of drug-likeness (QED) is 0.680. The van der Waals surface area contributed by atoms with E-state index in [-0.39, 0.29) is 5.95 Å². The number of anilines is 2. The van der Waals surface area contributed by atoms with E-state index >= 15 is 0 Å². The number of nitrogens with two attached hydrogens (primary N) is 2. The minimum absolute atomic E-state index is 0.238. The highest BCUT2D eigenvalue weighted by Crippen LogP contribution is 2.21. The van der Waals surface area contributed by atoms with Gasteiger partial charge >= 0.3 is 0 Å². The predicted molar refractivity (Wildman–Crippen MR) is 96.1 cm³/mol. The van der Waals surface area contributed by atoms with Gasteiger partial charge in [-0.2, -0.15) is 4.98 Å². The molecule has 0 aliphatic carbocycles. The van der Waals surface area contributed by atoms with Crippen LogP contribution in [0.15, 0.2) is 48.7 Å². The molecule has 4 nitrogen and oxygen atoms in total. The first-order valence-electron chi connectivity index (χ1n) is 8.07. The van der Waals surface area contributed by atoms with Crippen molar-refractivity contribution in [3.63, 3.8) is 0 Å². The number of nitrogens with zero attached hydrogens (tertiary/aromatic N) is 2. The zero-order valence-electron chi connectivity index (χ0n) is 13.2. The van der Waals surface area contributed by atoms with E-state index in [9.17, 15) is 0 Å². The van der Waals surface area contributed by atoms with Gasteiger partial charge in [0.1, 0.15) is 5.82 Å². The predicted octanol–water partition coefficient (Wildman–Crippen LogP) is 3.75. The first-order chi connectivity index (χ1) is 11.2. The fourth-order valence-corrected chi connectivity index (χ4v) is 2.95. The second-order valence-electron chi connectivity index (χ2n) is 5.84. The Kier molecular flexibility index (Phi) is 4.71. The summed E-state index contributed by atoms with van der Waals surface area (Å²) in [4.78, 5) is 8.01. The lowest BCUT2D eigenvalue weighted by Gasteiger charge is -2.07. The molecule has 1 heterocycles. The molecule has 2 aromatic carbocycles. The molecule has 3 rings (SSSR count). The minimum atomic E-state index is 0.238. The van der Waals surface area contributed by atoms with Crippen LogP contribution in [0.5, 0.6) is 0 Å². The van der Waals surface area contributed by atoms with E-state index in [0.717, 1.165) is 31.2 Å². The van der Waals surface area contributed by atoms with Crippen molar-refractivity contribution in [1.29, 1.82) is 0 Å². The van der Waals surface area contributed by atoms with Crippen molar-refractivity contribution in [2.45, 2.75) is 32.1 Å². The Bertz CT molecular complexity index is 793. The van der Waals surface area contributed by atoms with Crippen LogP contribution in [0.1, 0.15) is 30.4 Å². The average Bonchev–Trinajstić information content (AvgIpc) is 2.56. The highest BCUT2D eigenvalue weighted by atomic mass is 15.0. The molecular weight excluding hydrogens is 284 g/mol. The Morgan fingerprint density at radius 3 is 2.35 bits per heavy atom. The van der Waals surface area contributed by atoms with Gasteiger partial charge in [-0.1, -0.05) is 48.9 Å². The van der Waals surface area contributed by atoms with Gasteiger partial charge in [0, 0.05) is 11.8 Å². The van der Waals surface area contributed by atoms with Crippen molar-refractivity contribution < 1.29 is 0 Å². The van der Waals surface area contributed by atoms with Crippen molar-refractivity contribution in [3.8, 4) is 0 Å². The summed E-state index contributed by atoms with van der Waals surface area (Å²) >= 11 is 0. The first-order valence-corrected chi connectivity index (χ1v) is 8.07. The van der Waals surface area contributed by atoms with Crippen molar-refractivity contribution in [3.05, 3.63) is 59.8 Å². The fourth-order valence-electron chi connectivity index (χ4n) is 2.95. The van der Waals surface area contributed by atoms with Gasteiger partial charge in [0.05, 0.1) is 0 Å². The van der Waals surface area contributed by atoms with Crippen LogP contribution in [0.2, 0.25) is 0 Å². The molecular formula is C19H22N4. The highest BCUT2D eigenvalue weighted by Gasteiger charge is 2.03. The maximum Gasteiger partial charge on any atom is 0.221 e. The summed E-state index contributed by atoms with van der Waals surface area (Å²) in [7, 11) is 0. The van der Waals surface area contributed by atoms with Crippen LogP contribution in [-0.4, -0.2) is 9.97 Å². The van der Waals surface area contributed by atoms with Gasteiger partial charge in [0.15, 0.2) is 0 Å². The van der Waals surface area contributed by atoms with Gasteiger partial charge in [-0.15, -0.1) is 0 Å². The fraction of sp³-hybridized carbons (Fsp3) is 0.263. The first kappa shape index (κ1) is 15.3. The summed E-state index contributed by atoms with van der Waals surface area (Å²) in [5, 5.41) is 2.68. The minimum Gasteiger partial charge on any atom is -0.383 e. The number of hydrogen-bond donors (Lipinski definition) is 2. The Hall–Kier alpha value is -2.62. The molecule has 0 unspecified atom stereocenters. The molecule has 3 aromatic rings. The van der Waals surface area contributed by atoms with Gasteiger partial charge in [-0.3, -0.25) is 0 Å². The topological polar surface area (TPSA) is 77.8 Å². The standard InChI is InChI=1S/C19H22N4/c20-18-16(13-22-19(21)23-18)9-3-1-2-7-14-10-6-11-15-8-4-5-12-17(14)15/h4-6,8,10-13H,1-3,7,9H2,(H4,20,21,22,23). The molecule has 0 radical (unpaired) electrons. The van der Waals surface area contributed by atoms with Gasteiger partial charge < -0.3 is 11.5 Å². The zero-order valence-corrected chi connectivity index (χ0v) is 13.2. The molecule has 4 N–H and O–H groups in total. The summed E-state index contributed by atoms with van der Waals surface area (Å²) in [6.07, 6.45) is 7.16. The Labute approximate surface area is 136 Å². The number of unbranched alkanes of at least 4 members (excludes halogenated alkanes) is 2. The number of nitrogen functional groups attached to an aromatic ring is 2. The monoisotopic (exact) mass is 306 g/mol. The molecule has 118 valence electrons. The van der Waals surface area contributed by atoms with Gasteiger partial charge in [0.25, 0.3) is 0 Å². The number of fused-ring (bicyclic) bond motifs is 1. The maximum absolute atomic E-state index is 5.86. The van der Waals surface area contributed by atoms with Crippen molar-refractivity contribution in [2.75, 3.05) is 11.5 Å². The van der Waals surface area contributed by atoms with Crippen LogP contribution in [0, 0.1) is 0 Å². The number of benzene rings is 2. The Morgan fingerprint density at radius 1 is 0.783 bits per heavy atom. The smallest absolute Gasteiger partial charge is 0.221 e. The molecule has 4 heteroatoms. The van der Waals surface area contributed by atoms with E-state index in [2.05, 4.69) is 52.4 Å². The molecule has 23 heavy (non-hydrogen) atoms. The molecule has 0 aliphatic heterocycles. The van der Waals surface area contributed by atoms with E-state index < -0.39 is 0 Å². The summed E-state index contributed by atoms with van der Waals surface area (Å²) in [6.45, 7) is 0. The molecule has 0 saturated heterocycles. The second-order valence-corrected chi connectivity index (χ2v) is 5.84. The highest BCUT2D eigenvalue weighted by molar-refractivity contribution is 5.85. The molecule has 0 spiro atoms. The summed E-state index contributed by atoms with van der Waals surface area (Å²) in [5.74, 6) is 0.744. The van der Waals surface area contributed by atoms with E-state index in [1.54, 1.807) is 6.20 Å². The third-order valence-corrected chi connectivity index (χ3v) is 4.19. The van der Waals surface area contributed by atoms with Gasteiger partial charge in [-0.25, -0.2) is 4.98 Å². The SMILES string of the molecule is Nc1ncc(CCCCCc2cccc3ccccc23)c(N)n1. The Balaban J connectivity index is 1.51. The van der Waals surface area contributed by atoms with Crippen LogP contribution in [0.4, 0.5) is 11.8 Å². The second kappa shape index (κ2) is 7.09. The van der Waals surface area contributed by atoms with E-state index in [0.29, 0.717) is 5.82 Å². The van der Waals surface area contributed by atoms with E-state index in [4.69, 9.17) is 11.5 Å². The van der Waals surface area contributed by atoms with E-state index in [1.165, 1.54) is 22.8 Å². The van der Waals surface area contributed by atoms with Crippen molar-refractivity contribution in [2.24, 2.45) is 0 Å². The van der Waals surface area contributed by atoms with Crippen LogP contribution < -0.4 is 11.5 Å². The number of hydrogen-bond acceptors (Lipinski definition) is 4. The van der Waals surface area contributed by atoms with E-state index in [1.807, 2.05) is 0 Å². The van der Waals surface area contributed by atoms with Crippen LogP contribution in [0.3, 0.4) is 0 Å². The molecule has 0 saturated carbocycles. The van der Waals surface area contributed by atoms with Crippen LogP contribution in [-0.2, 0) is 12.8 Å². The molecule has 0 aliphatic rings. The lowest BCUT2D eigenvalue weighted by molar-refractivity contribution is 0.679. The molecule has 1 aromatic heterocycles. The van der Waals surface area contributed by atoms with Gasteiger partial charge in [0.2, 0.25) is 5.95 Å². The Morgan fingerprint density at radius 2 is 1.52 bits per heavy atom. The third kappa shape index (κ3) is 3.77. The third-order valence-electron chi connectivity index (χ3n) is 4.19. The number of rotatable bonds is 6. The number of aromatic nitrogens is 2. The van der Waals surface area contributed by atoms with Crippen LogP contribution in [0.25, 0.3) is 10.8 Å². The van der Waals surface area contributed by atoms with Crippen LogP contribution >= 0.6 is 0 Å². The lowest BCUT2D eigenvalue weighted by atomic mass is 9.99. The molecule has 0 bridgehead atoms. The average molecular weight is 306 g/mol. The maximum atomic E-state index is 5.86. The zero-order chi connectivity index (χ0) is 16.1. The van der Waals surface area contributed by atoms with Crippen molar-refractivity contribution >= 4 is 22.5 Å². The number of aryl methyl sites for hydroxylation is 2. The lowest BCUT2D eigenvalue weighted by Crippen LogP contribution is -2.03. The summed E-state index contributed by atoms with van der Waals surface area (Å²) < 4.78 is 0. The summed E-state index contributed by atoms with van der Waals surface area (Å²) in [5.41, 5.74) is 13.8. The largest absolute Gasteiger partial charge is 0.383 e. The summed E-state index contributed by atoms with van der Waals surface area (Å²) in [6, 6.07) is 15.1.